The van der Waals surface area contributed by atoms with E-state index in [9.17, 15) is 9.59 Å². The standard InChI is InChI=1S/C21H20BrNO5/c1-26-19-5-3-2-4-15(19)6-8-18(24)17-14-16(22)7-9-20(17)28-21(25)23-10-12-27-13-11-23/h2-9,14H,10-13H2,1H3. The molecule has 1 fully saturated rings. The summed E-state index contributed by atoms with van der Waals surface area (Å²) in [4.78, 5) is 26.7. The number of rotatable bonds is 5. The fourth-order valence-electron chi connectivity index (χ4n) is 2.75. The highest BCUT2D eigenvalue weighted by Crippen LogP contribution is 2.26. The quantitative estimate of drug-likeness (QED) is 0.509. The highest BCUT2D eigenvalue weighted by atomic mass is 79.9. The predicted octanol–water partition coefficient (Wildman–Crippen LogP) is 4.18. The molecule has 6 nitrogen and oxygen atoms in total. The Morgan fingerprint density at radius 2 is 1.86 bits per heavy atom. The molecule has 0 saturated carbocycles. The van der Waals surface area contributed by atoms with Crippen molar-refractivity contribution in [2.45, 2.75) is 0 Å². The van der Waals surface area contributed by atoms with E-state index in [1.807, 2.05) is 24.3 Å². The lowest BCUT2D eigenvalue weighted by atomic mass is 10.1. The number of ether oxygens (including phenoxy) is 3. The summed E-state index contributed by atoms with van der Waals surface area (Å²) >= 11 is 3.36. The molecule has 0 atom stereocenters. The largest absolute Gasteiger partial charge is 0.496 e. The Morgan fingerprint density at radius 3 is 2.61 bits per heavy atom. The molecule has 1 amide bonds. The summed E-state index contributed by atoms with van der Waals surface area (Å²) < 4.78 is 16.7. The smallest absolute Gasteiger partial charge is 0.415 e. The Balaban J connectivity index is 1.80. The second-order valence-corrected chi connectivity index (χ2v) is 6.96. The number of allylic oxidation sites excluding steroid dienone is 1. The topological polar surface area (TPSA) is 65.1 Å². The second kappa shape index (κ2) is 9.52. The molecule has 0 N–H and O–H groups in total. The van der Waals surface area contributed by atoms with Gasteiger partial charge in [0, 0.05) is 23.1 Å². The number of hydrogen-bond acceptors (Lipinski definition) is 5. The number of methoxy groups -OCH3 is 1. The maximum Gasteiger partial charge on any atom is 0.415 e. The van der Waals surface area contributed by atoms with Crippen molar-refractivity contribution in [3.05, 3.63) is 64.1 Å². The number of ketones is 1. The minimum Gasteiger partial charge on any atom is -0.496 e. The van der Waals surface area contributed by atoms with E-state index in [2.05, 4.69) is 15.9 Å². The van der Waals surface area contributed by atoms with Crippen LogP contribution in [-0.4, -0.2) is 50.2 Å². The number of amides is 1. The molecule has 7 heteroatoms. The monoisotopic (exact) mass is 445 g/mol. The van der Waals surface area contributed by atoms with Crippen LogP contribution in [0.5, 0.6) is 11.5 Å². The van der Waals surface area contributed by atoms with Crippen molar-refractivity contribution < 1.29 is 23.8 Å². The van der Waals surface area contributed by atoms with E-state index in [0.29, 0.717) is 42.1 Å². The van der Waals surface area contributed by atoms with Gasteiger partial charge in [0.1, 0.15) is 11.5 Å². The van der Waals surface area contributed by atoms with E-state index in [4.69, 9.17) is 14.2 Å². The van der Waals surface area contributed by atoms with Gasteiger partial charge in [-0.15, -0.1) is 0 Å². The Morgan fingerprint density at radius 1 is 1.11 bits per heavy atom. The maximum atomic E-state index is 12.8. The highest BCUT2D eigenvalue weighted by Gasteiger charge is 2.21. The summed E-state index contributed by atoms with van der Waals surface area (Å²) in [7, 11) is 1.58. The summed E-state index contributed by atoms with van der Waals surface area (Å²) in [5.74, 6) is 0.603. The first-order valence-electron chi connectivity index (χ1n) is 8.78. The van der Waals surface area contributed by atoms with Crippen LogP contribution in [0.4, 0.5) is 4.79 Å². The number of benzene rings is 2. The molecule has 0 aliphatic carbocycles. The fourth-order valence-corrected chi connectivity index (χ4v) is 3.11. The first kappa shape index (κ1) is 20.1. The van der Waals surface area contributed by atoms with Crippen molar-refractivity contribution in [1.82, 2.24) is 4.90 Å². The van der Waals surface area contributed by atoms with Gasteiger partial charge in [-0.1, -0.05) is 34.1 Å². The SMILES string of the molecule is COc1ccccc1C=CC(=O)c1cc(Br)ccc1OC(=O)N1CCOCC1. The zero-order valence-electron chi connectivity index (χ0n) is 15.4. The first-order chi connectivity index (χ1) is 13.6. The number of halogens is 1. The van der Waals surface area contributed by atoms with E-state index in [1.54, 1.807) is 36.3 Å². The molecule has 0 unspecified atom stereocenters. The second-order valence-electron chi connectivity index (χ2n) is 6.05. The Hall–Kier alpha value is -2.64. The van der Waals surface area contributed by atoms with Crippen molar-refractivity contribution in [1.29, 1.82) is 0 Å². The maximum absolute atomic E-state index is 12.8. The number of para-hydroxylation sites is 1. The van der Waals surface area contributed by atoms with Gasteiger partial charge in [-0.3, -0.25) is 4.79 Å². The Labute approximate surface area is 171 Å². The lowest BCUT2D eigenvalue weighted by molar-refractivity contribution is 0.0415. The van der Waals surface area contributed by atoms with Crippen molar-refractivity contribution in [3.8, 4) is 11.5 Å². The summed E-state index contributed by atoms with van der Waals surface area (Å²) in [6.07, 6.45) is 2.62. The molecule has 1 saturated heterocycles. The van der Waals surface area contributed by atoms with E-state index in [1.165, 1.54) is 6.08 Å². The van der Waals surface area contributed by atoms with Gasteiger partial charge in [-0.05, 0) is 36.4 Å². The minimum atomic E-state index is -0.492. The van der Waals surface area contributed by atoms with Crippen LogP contribution in [0.25, 0.3) is 6.08 Å². The van der Waals surface area contributed by atoms with Gasteiger partial charge in [0.2, 0.25) is 0 Å². The third-order valence-corrected chi connectivity index (χ3v) is 4.72. The Kier molecular flexibility index (Phi) is 6.84. The lowest BCUT2D eigenvalue weighted by Crippen LogP contribution is -2.42. The third-order valence-electron chi connectivity index (χ3n) is 4.23. The molecule has 0 spiro atoms. The van der Waals surface area contributed by atoms with Gasteiger partial charge in [0.05, 0.1) is 25.9 Å². The molecule has 2 aromatic carbocycles. The first-order valence-corrected chi connectivity index (χ1v) is 9.57. The summed E-state index contributed by atoms with van der Waals surface area (Å²) in [6.45, 7) is 1.88. The fraction of sp³-hybridized carbons (Fsp3) is 0.238. The number of morpholine rings is 1. The van der Waals surface area contributed by atoms with Gasteiger partial charge >= 0.3 is 6.09 Å². The van der Waals surface area contributed by atoms with Crippen LogP contribution in [-0.2, 0) is 4.74 Å². The van der Waals surface area contributed by atoms with E-state index < -0.39 is 6.09 Å². The van der Waals surface area contributed by atoms with E-state index in [0.717, 1.165) is 5.56 Å². The molecule has 0 radical (unpaired) electrons. The van der Waals surface area contributed by atoms with Crippen LogP contribution in [0.15, 0.2) is 53.0 Å². The van der Waals surface area contributed by atoms with Crippen molar-refractivity contribution in [2.24, 2.45) is 0 Å². The zero-order valence-corrected chi connectivity index (χ0v) is 17.0. The Bertz CT molecular complexity index is 890. The average Bonchev–Trinajstić information content (AvgIpc) is 2.74. The minimum absolute atomic E-state index is 0.217. The van der Waals surface area contributed by atoms with Gasteiger partial charge < -0.3 is 19.1 Å². The molecule has 1 heterocycles. The van der Waals surface area contributed by atoms with Crippen LogP contribution in [0.3, 0.4) is 0 Å². The van der Waals surface area contributed by atoms with Crippen LogP contribution in [0.2, 0.25) is 0 Å². The molecule has 28 heavy (non-hydrogen) atoms. The lowest BCUT2D eigenvalue weighted by Gasteiger charge is -2.26. The van der Waals surface area contributed by atoms with Crippen molar-refractivity contribution >= 4 is 33.9 Å². The summed E-state index contributed by atoms with van der Waals surface area (Å²) in [6, 6.07) is 12.4. The van der Waals surface area contributed by atoms with E-state index in [-0.39, 0.29) is 11.5 Å². The summed E-state index contributed by atoms with van der Waals surface area (Å²) in [5.41, 5.74) is 1.07. The van der Waals surface area contributed by atoms with Gasteiger partial charge in [-0.25, -0.2) is 4.79 Å². The van der Waals surface area contributed by atoms with Gasteiger partial charge in [-0.2, -0.15) is 0 Å². The van der Waals surface area contributed by atoms with Crippen molar-refractivity contribution in [2.75, 3.05) is 33.4 Å². The average molecular weight is 446 g/mol. The van der Waals surface area contributed by atoms with Crippen LogP contribution >= 0.6 is 15.9 Å². The van der Waals surface area contributed by atoms with Gasteiger partial charge in [0.25, 0.3) is 0 Å². The molecule has 1 aliphatic heterocycles. The number of hydrogen-bond donors (Lipinski definition) is 0. The number of carbonyl (C=O) groups is 2. The van der Waals surface area contributed by atoms with Crippen LogP contribution in [0, 0.1) is 0 Å². The molecule has 3 rings (SSSR count). The molecule has 146 valence electrons. The number of nitrogens with zero attached hydrogens (tertiary/aromatic N) is 1. The molecular weight excluding hydrogens is 426 g/mol. The van der Waals surface area contributed by atoms with Gasteiger partial charge in [0.15, 0.2) is 5.78 Å². The van der Waals surface area contributed by atoms with E-state index >= 15 is 0 Å². The number of carbonyl (C=O) groups excluding carboxylic acids is 2. The van der Waals surface area contributed by atoms with Crippen LogP contribution in [0.1, 0.15) is 15.9 Å². The molecule has 1 aliphatic rings. The normalized spacial score (nSPS) is 14.1. The molecule has 2 aromatic rings. The summed E-state index contributed by atoms with van der Waals surface area (Å²) in [5, 5.41) is 0. The highest BCUT2D eigenvalue weighted by molar-refractivity contribution is 9.10. The molecule has 0 bridgehead atoms. The van der Waals surface area contributed by atoms with Crippen LogP contribution < -0.4 is 9.47 Å². The third kappa shape index (κ3) is 4.99. The molecular formula is C21H20BrNO5. The van der Waals surface area contributed by atoms with Crippen molar-refractivity contribution in [3.63, 3.8) is 0 Å². The molecule has 0 aromatic heterocycles. The zero-order chi connectivity index (χ0) is 19.9. The predicted molar refractivity (Wildman–Crippen MR) is 109 cm³/mol.